The Balaban J connectivity index is 1.88. The monoisotopic (exact) mass is 270 g/mol. The number of hydrogen-bond acceptors (Lipinski definition) is 4. The third kappa shape index (κ3) is 2.51. The second-order valence-corrected chi connectivity index (χ2v) is 5.28. The smallest absolute Gasteiger partial charge is 0.165 e. The van der Waals surface area contributed by atoms with Gasteiger partial charge in [0.15, 0.2) is 5.82 Å². The van der Waals surface area contributed by atoms with Crippen molar-refractivity contribution in [3.63, 3.8) is 0 Å². The minimum absolute atomic E-state index is 0.826. The fourth-order valence-electron chi connectivity index (χ4n) is 1.95. The Hall–Kier alpha value is -2.14. The predicted molar refractivity (Wildman–Crippen MR) is 78.1 cm³/mol. The van der Waals surface area contributed by atoms with Gasteiger partial charge in [-0.1, -0.05) is 18.2 Å². The number of thiophene rings is 1. The average Bonchev–Trinajstić information content (AvgIpc) is 3.08. The highest BCUT2D eigenvalue weighted by Gasteiger charge is 2.09. The zero-order chi connectivity index (χ0) is 13.1. The number of rotatable bonds is 4. The van der Waals surface area contributed by atoms with E-state index in [1.54, 1.807) is 17.7 Å². The molecule has 19 heavy (non-hydrogen) atoms. The maximum Gasteiger partial charge on any atom is 0.165 e. The summed E-state index contributed by atoms with van der Waals surface area (Å²) in [5.74, 6) is 0.870. The molecule has 2 heterocycles. The van der Waals surface area contributed by atoms with E-state index in [0.717, 1.165) is 23.6 Å². The van der Waals surface area contributed by atoms with Crippen LogP contribution >= 0.6 is 11.3 Å². The summed E-state index contributed by atoms with van der Waals surface area (Å²) in [5.41, 5.74) is 2.14. The molecule has 0 aliphatic heterocycles. The molecular weight excluding hydrogens is 256 g/mol. The molecule has 3 rings (SSSR count). The van der Waals surface area contributed by atoms with Crippen LogP contribution in [0.4, 0.5) is 5.69 Å². The van der Waals surface area contributed by atoms with Gasteiger partial charge in [0, 0.05) is 29.7 Å². The van der Waals surface area contributed by atoms with Gasteiger partial charge in [-0.15, -0.1) is 21.5 Å². The highest BCUT2D eigenvalue weighted by Crippen LogP contribution is 2.26. The number of aryl methyl sites for hydroxylation is 1. The minimum atomic E-state index is 0.826. The number of anilines is 1. The lowest BCUT2D eigenvalue weighted by molar-refractivity contribution is 0.919. The SMILES string of the molecule is Cn1cnnc1-c1ccccc1NCc1cccs1. The number of benzene rings is 1. The van der Waals surface area contributed by atoms with Crippen LogP contribution in [0.5, 0.6) is 0 Å². The van der Waals surface area contributed by atoms with Gasteiger partial charge >= 0.3 is 0 Å². The van der Waals surface area contributed by atoms with Crippen molar-refractivity contribution in [1.29, 1.82) is 0 Å². The Labute approximate surface area is 115 Å². The average molecular weight is 270 g/mol. The van der Waals surface area contributed by atoms with Crippen molar-refractivity contribution in [2.24, 2.45) is 7.05 Å². The van der Waals surface area contributed by atoms with Gasteiger partial charge < -0.3 is 9.88 Å². The van der Waals surface area contributed by atoms with Crippen LogP contribution in [-0.2, 0) is 13.6 Å². The van der Waals surface area contributed by atoms with Gasteiger partial charge in [-0.05, 0) is 23.6 Å². The lowest BCUT2D eigenvalue weighted by atomic mass is 10.1. The number of hydrogen-bond donors (Lipinski definition) is 1. The Morgan fingerprint density at radius 3 is 2.84 bits per heavy atom. The number of nitrogens with one attached hydrogen (secondary N) is 1. The van der Waals surface area contributed by atoms with Crippen LogP contribution in [0.15, 0.2) is 48.1 Å². The van der Waals surface area contributed by atoms with Crippen LogP contribution < -0.4 is 5.32 Å². The molecule has 3 aromatic rings. The van der Waals surface area contributed by atoms with Crippen LogP contribution in [0.2, 0.25) is 0 Å². The molecule has 0 unspecified atom stereocenters. The summed E-state index contributed by atoms with van der Waals surface area (Å²) in [7, 11) is 1.95. The summed E-state index contributed by atoms with van der Waals surface area (Å²) >= 11 is 1.75. The molecular formula is C14H14N4S. The third-order valence-electron chi connectivity index (χ3n) is 2.91. The molecule has 0 aliphatic rings. The molecule has 2 aromatic heterocycles. The molecule has 0 bridgehead atoms. The maximum atomic E-state index is 4.17. The first-order valence-corrected chi connectivity index (χ1v) is 6.92. The molecule has 0 saturated heterocycles. The van der Waals surface area contributed by atoms with Crippen molar-refractivity contribution < 1.29 is 0 Å². The van der Waals surface area contributed by atoms with Gasteiger partial charge in [0.25, 0.3) is 0 Å². The summed E-state index contributed by atoms with van der Waals surface area (Å²) in [6.45, 7) is 0.826. The Kier molecular flexibility index (Phi) is 3.29. The van der Waals surface area contributed by atoms with Gasteiger partial charge in [0.2, 0.25) is 0 Å². The molecule has 0 saturated carbocycles. The van der Waals surface area contributed by atoms with Crippen LogP contribution in [0.25, 0.3) is 11.4 Å². The molecule has 1 N–H and O–H groups in total. The summed E-state index contributed by atoms with van der Waals surface area (Å²) < 4.78 is 1.92. The highest BCUT2D eigenvalue weighted by atomic mass is 32.1. The summed E-state index contributed by atoms with van der Waals surface area (Å²) in [5, 5.41) is 13.7. The van der Waals surface area contributed by atoms with Gasteiger partial charge in [-0.2, -0.15) is 0 Å². The molecule has 0 amide bonds. The normalized spacial score (nSPS) is 10.6. The van der Waals surface area contributed by atoms with E-state index in [-0.39, 0.29) is 0 Å². The van der Waals surface area contributed by atoms with E-state index in [2.05, 4.69) is 45.2 Å². The molecule has 4 nitrogen and oxygen atoms in total. The molecule has 96 valence electrons. The Morgan fingerprint density at radius 1 is 1.21 bits per heavy atom. The van der Waals surface area contributed by atoms with Gasteiger partial charge in [0.05, 0.1) is 0 Å². The van der Waals surface area contributed by atoms with Crippen LogP contribution in [0, 0.1) is 0 Å². The van der Waals surface area contributed by atoms with Gasteiger partial charge in [-0.25, -0.2) is 0 Å². The highest BCUT2D eigenvalue weighted by molar-refractivity contribution is 7.09. The van der Waals surface area contributed by atoms with Crippen molar-refractivity contribution in [1.82, 2.24) is 14.8 Å². The molecule has 0 spiro atoms. The molecule has 0 aliphatic carbocycles. The van der Waals surface area contributed by atoms with E-state index in [9.17, 15) is 0 Å². The molecule has 0 atom stereocenters. The summed E-state index contributed by atoms with van der Waals surface area (Å²) in [4.78, 5) is 1.31. The molecule has 1 aromatic carbocycles. The first-order valence-electron chi connectivity index (χ1n) is 6.04. The number of para-hydroxylation sites is 1. The largest absolute Gasteiger partial charge is 0.380 e. The van der Waals surface area contributed by atoms with Crippen LogP contribution in [0.3, 0.4) is 0 Å². The first kappa shape index (κ1) is 11.9. The predicted octanol–water partition coefficient (Wildman–Crippen LogP) is 3.16. The van der Waals surface area contributed by atoms with Crippen molar-refractivity contribution in [3.8, 4) is 11.4 Å². The maximum absolute atomic E-state index is 4.17. The molecule has 0 radical (unpaired) electrons. The standard InChI is InChI=1S/C14H14N4S/c1-18-10-16-17-14(18)12-6-2-3-7-13(12)15-9-11-5-4-8-19-11/h2-8,10,15H,9H2,1H3. The zero-order valence-corrected chi connectivity index (χ0v) is 11.4. The minimum Gasteiger partial charge on any atom is -0.380 e. The Bertz CT molecular complexity index is 658. The third-order valence-corrected chi connectivity index (χ3v) is 3.79. The van der Waals surface area contributed by atoms with Crippen molar-refractivity contribution in [3.05, 3.63) is 53.0 Å². The van der Waals surface area contributed by atoms with Crippen LogP contribution in [-0.4, -0.2) is 14.8 Å². The van der Waals surface area contributed by atoms with Crippen molar-refractivity contribution in [2.75, 3.05) is 5.32 Å². The lowest BCUT2D eigenvalue weighted by Gasteiger charge is -2.10. The van der Waals surface area contributed by atoms with E-state index in [4.69, 9.17) is 0 Å². The van der Waals surface area contributed by atoms with Crippen LogP contribution in [0.1, 0.15) is 4.88 Å². The van der Waals surface area contributed by atoms with E-state index < -0.39 is 0 Å². The van der Waals surface area contributed by atoms with Crippen molar-refractivity contribution >= 4 is 17.0 Å². The fraction of sp³-hybridized carbons (Fsp3) is 0.143. The second-order valence-electron chi connectivity index (χ2n) is 4.24. The van der Waals surface area contributed by atoms with Gasteiger partial charge in [-0.3, -0.25) is 0 Å². The second kappa shape index (κ2) is 5.24. The summed E-state index contributed by atoms with van der Waals surface area (Å²) in [6, 6.07) is 12.4. The topological polar surface area (TPSA) is 42.7 Å². The van der Waals surface area contributed by atoms with Crippen molar-refractivity contribution in [2.45, 2.75) is 6.54 Å². The van der Waals surface area contributed by atoms with E-state index in [1.165, 1.54) is 4.88 Å². The lowest BCUT2D eigenvalue weighted by Crippen LogP contribution is -2.01. The molecule has 0 fully saturated rings. The Morgan fingerprint density at radius 2 is 2.11 bits per heavy atom. The van der Waals surface area contributed by atoms with E-state index in [1.807, 2.05) is 23.7 Å². The quantitative estimate of drug-likeness (QED) is 0.792. The fourth-order valence-corrected chi connectivity index (χ4v) is 2.60. The summed E-state index contributed by atoms with van der Waals surface area (Å²) in [6.07, 6.45) is 1.71. The van der Waals surface area contributed by atoms with E-state index in [0.29, 0.717) is 0 Å². The number of aromatic nitrogens is 3. The van der Waals surface area contributed by atoms with E-state index >= 15 is 0 Å². The van der Waals surface area contributed by atoms with Gasteiger partial charge in [0.1, 0.15) is 6.33 Å². The first-order chi connectivity index (χ1) is 9.34. The zero-order valence-electron chi connectivity index (χ0n) is 10.6. The number of nitrogens with zero attached hydrogens (tertiary/aromatic N) is 3. The molecule has 5 heteroatoms.